The molecule has 28 heavy (non-hydrogen) atoms. The van der Waals surface area contributed by atoms with Crippen molar-refractivity contribution < 1.29 is 9.59 Å². The quantitative estimate of drug-likeness (QED) is 0.204. The number of pyridine rings is 1. The molecule has 4 rings (SSSR count). The van der Waals surface area contributed by atoms with Gasteiger partial charge in [0.25, 0.3) is 0 Å². The van der Waals surface area contributed by atoms with E-state index in [9.17, 15) is 9.59 Å². The molecular weight excluding hydrogens is 469 g/mol. The van der Waals surface area contributed by atoms with E-state index in [1.165, 1.54) is 4.90 Å². The van der Waals surface area contributed by atoms with Crippen LogP contribution < -0.4 is 10.6 Å². The van der Waals surface area contributed by atoms with Crippen LogP contribution in [0.15, 0.2) is 41.5 Å². The number of halogens is 1. The maximum Gasteiger partial charge on any atom is 0.233 e. The second kappa shape index (κ2) is 9.02. The van der Waals surface area contributed by atoms with Gasteiger partial charge in [0.2, 0.25) is 11.8 Å². The molecule has 0 aromatic carbocycles. The Labute approximate surface area is 182 Å². The number of allylic oxidation sites excluding steroid dienone is 2. The van der Waals surface area contributed by atoms with Gasteiger partial charge < -0.3 is 10.6 Å². The number of hydrogen-bond acceptors (Lipinski definition) is 4. The Bertz CT molecular complexity index is 752. The number of hydrogen-bond donors (Lipinski definition) is 2. The molecule has 0 radical (unpaired) electrons. The Morgan fingerprint density at radius 1 is 1.14 bits per heavy atom. The minimum absolute atomic E-state index is 0. The predicted molar refractivity (Wildman–Crippen MR) is 117 cm³/mol. The van der Waals surface area contributed by atoms with Gasteiger partial charge in [-0.3, -0.25) is 24.5 Å². The lowest BCUT2D eigenvalue weighted by atomic mass is 9.85. The maximum absolute atomic E-state index is 12.7. The van der Waals surface area contributed by atoms with Gasteiger partial charge in [0.15, 0.2) is 5.96 Å². The molecule has 150 valence electrons. The lowest BCUT2D eigenvalue weighted by Gasteiger charge is -2.18. The van der Waals surface area contributed by atoms with Gasteiger partial charge in [0.05, 0.1) is 11.8 Å². The van der Waals surface area contributed by atoms with Gasteiger partial charge in [0, 0.05) is 45.0 Å². The summed E-state index contributed by atoms with van der Waals surface area (Å²) in [7, 11) is 1.70. The molecule has 8 heteroatoms. The van der Waals surface area contributed by atoms with Gasteiger partial charge in [-0.05, 0) is 30.4 Å². The first-order valence-electron chi connectivity index (χ1n) is 9.57. The molecule has 2 aliphatic carbocycles. The number of nitrogens with one attached hydrogen (secondary N) is 2. The lowest BCUT2D eigenvalue weighted by Crippen LogP contribution is -2.44. The van der Waals surface area contributed by atoms with E-state index in [2.05, 4.69) is 32.8 Å². The van der Waals surface area contributed by atoms with Crippen molar-refractivity contribution in [1.82, 2.24) is 20.5 Å². The SMILES string of the molecule is CN=C(NCCc1ccccn1)NCCN1C(=O)C2C3C=CC(C3)C2C1=O.I. The summed E-state index contributed by atoms with van der Waals surface area (Å²) in [5, 5.41) is 6.41. The molecule has 3 aliphatic rings. The summed E-state index contributed by atoms with van der Waals surface area (Å²) in [6.45, 7) is 1.57. The third-order valence-electron chi connectivity index (χ3n) is 5.81. The predicted octanol–water partition coefficient (Wildman–Crippen LogP) is 1.21. The molecule has 1 aliphatic heterocycles. The van der Waals surface area contributed by atoms with E-state index in [0.29, 0.717) is 25.6 Å². The van der Waals surface area contributed by atoms with Crippen LogP contribution in [0, 0.1) is 23.7 Å². The fraction of sp³-hybridized carbons (Fsp3) is 0.500. The van der Waals surface area contributed by atoms with Crippen LogP contribution in [0.1, 0.15) is 12.1 Å². The molecule has 2 heterocycles. The third kappa shape index (κ3) is 3.92. The van der Waals surface area contributed by atoms with Crippen LogP contribution in [-0.2, 0) is 16.0 Å². The number of fused-ring (bicyclic) bond motifs is 5. The van der Waals surface area contributed by atoms with E-state index < -0.39 is 0 Å². The van der Waals surface area contributed by atoms with Crippen LogP contribution in [0.2, 0.25) is 0 Å². The van der Waals surface area contributed by atoms with Gasteiger partial charge in [0.1, 0.15) is 0 Å². The van der Waals surface area contributed by atoms with Crippen LogP contribution >= 0.6 is 24.0 Å². The Kier molecular flexibility index (Phi) is 6.69. The van der Waals surface area contributed by atoms with Gasteiger partial charge in [-0.1, -0.05) is 18.2 Å². The summed E-state index contributed by atoms with van der Waals surface area (Å²) in [5.41, 5.74) is 1.02. The average molecular weight is 495 g/mol. The van der Waals surface area contributed by atoms with Crippen LogP contribution in [0.4, 0.5) is 0 Å². The molecule has 1 saturated heterocycles. The number of likely N-dealkylation sites (tertiary alicyclic amines) is 1. The standard InChI is InChI=1S/C20H25N5O2.HI/c1-21-20(23-9-7-15-4-2-3-8-22-15)24-10-11-25-18(26)16-13-5-6-14(12-13)17(16)19(25)27;/h2-6,8,13-14,16-17H,7,9-12H2,1H3,(H2,21,23,24);1H. The molecule has 2 amide bonds. The minimum atomic E-state index is -0.122. The first kappa shape index (κ1) is 20.8. The van der Waals surface area contributed by atoms with Gasteiger partial charge in [-0.2, -0.15) is 0 Å². The molecule has 2 N–H and O–H groups in total. The average Bonchev–Trinajstić information content (AvgIpc) is 3.37. The van der Waals surface area contributed by atoms with Crippen LogP contribution in [0.3, 0.4) is 0 Å². The highest BCUT2D eigenvalue weighted by molar-refractivity contribution is 14.0. The minimum Gasteiger partial charge on any atom is -0.356 e. The zero-order valence-corrected chi connectivity index (χ0v) is 18.2. The van der Waals surface area contributed by atoms with Crippen molar-refractivity contribution in [3.63, 3.8) is 0 Å². The van der Waals surface area contributed by atoms with E-state index in [1.807, 2.05) is 18.2 Å². The number of rotatable bonds is 6. The number of amides is 2. The number of aromatic nitrogens is 1. The molecule has 1 aromatic heterocycles. The first-order chi connectivity index (χ1) is 13.2. The van der Waals surface area contributed by atoms with E-state index in [1.54, 1.807) is 13.2 Å². The molecule has 0 spiro atoms. The Hall–Kier alpha value is -1.97. The number of carbonyl (C=O) groups is 2. The van der Waals surface area contributed by atoms with Gasteiger partial charge in [-0.15, -0.1) is 24.0 Å². The molecule has 7 nitrogen and oxygen atoms in total. The van der Waals surface area contributed by atoms with Crippen molar-refractivity contribution in [2.24, 2.45) is 28.7 Å². The second-order valence-electron chi connectivity index (χ2n) is 7.32. The van der Waals surface area contributed by atoms with E-state index in [-0.39, 0.29) is 59.5 Å². The zero-order chi connectivity index (χ0) is 18.8. The Balaban J connectivity index is 0.00000225. The summed E-state index contributed by atoms with van der Waals surface area (Å²) in [6, 6.07) is 5.85. The summed E-state index contributed by atoms with van der Waals surface area (Å²) in [4.78, 5) is 35.2. The molecule has 4 atom stereocenters. The van der Waals surface area contributed by atoms with Crippen molar-refractivity contribution in [3.05, 3.63) is 42.2 Å². The number of imide groups is 1. The van der Waals surface area contributed by atoms with Crippen LogP contribution in [0.25, 0.3) is 0 Å². The molecule has 2 bridgehead atoms. The topological polar surface area (TPSA) is 86.7 Å². The highest BCUT2D eigenvalue weighted by atomic mass is 127. The van der Waals surface area contributed by atoms with E-state index in [0.717, 1.165) is 18.5 Å². The molecule has 1 saturated carbocycles. The van der Waals surface area contributed by atoms with Crippen molar-refractivity contribution in [1.29, 1.82) is 0 Å². The fourth-order valence-corrected chi connectivity index (χ4v) is 4.55. The third-order valence-corrected chi connectivity index (χ3v) is 5.81. The van der Waals surface area contributed by atoms with E-state index >= 15 is 0 Å². The first-order valence-corrected chi connectivity index (χ1v) is 9.57. The molecule has 1 aromatic rings. The monoisotopic (exact) mass is 495 g/mol. The number of aliphatic imine (C=N–C) groups is 1. The summed E-state index contributed by atoms with van der Waals surface area (Å²) in [5.74, 6) is 0.938. The fourth-order valence-electron chi connectivity index (χ4n) is 4.55. The number of nitrogens with zero attached hydrogens (tertiary/aromatic N) is 3. The van der Waals surface area contributed by atoms with Crippen molar-refractivity contribution in [2.45, 2.75) is 12.8 Å². The summed E-state index contributed by atoms with van der Waals surface area (Å²) < 4.78 is 0. The molecule has 2 fully saturated rings. The van der Waals surface area contributed by atoms with Crippen LogP contribution in [-0.4, -0.2) is 54.3 Å². The summed E-state index contributed by atoms with van der Waals surface area (Å²) in [6.07, 6.45) is 7.78. The van der Waals surface area contributed by atoms with Crippen LogP contribution in [0.5, 0.6) is 0 Å². The Morgan fingerprint density at radius 3 is 2.43 bits per heavy atom. The second-order valence-corrected chi connectivity index (χ2v) is 7.32. The smallest absolute Gasteiger partial charge is 0.233 e. The molecular formula is C20H26IN5O2. The lowest BCUT2D eigenvalue weighted by molar-refractivity contribution is -0.140. The number of carbonyl (C=O) groups excluding carboxylic acids is 2. The zero-order valence-electron chi connectivity index (χ0n) is 15.9. The largest absolute Gasteiger partial charge is 0.356 e. The van der Waals surface area contributed by atoms with Gasteiger partial charge >= 0.3 is 0 Å². The normalized spacial score (nSPS) is 27.8. The highest BCUT2D eigenvalue weighted by Gasteiger charge is 2.58. The number of guanidine groups is 1. The summed E-state index contributed by atoms with van der Waals surface area (Å²) >= 11 is 0. The maximum atomic E-state index is 12.7. The van der Waals surface area contributed by atoms with Crippen molar-refractivity contribution in [3.8, 4) is 0 Å². The van der Waals surface area contributed by atoms with E-state index in [4.69, 9.17) is 0 Å². The van der Waals surface area contributed by atoms with Crippen molar-refractivity contribution in [2.75, 3.05) is 26.7 Å². The Morgan fingerprint density at radius 2 is 1.82 bits per heavy atom. The van der Waals surface area contributed by atoms with Crippen molar-refractivity contribution >= 4 is 41.8 Å². The van der Waals surface area contributed by atoms with Gasteiger partial charge in [-0.25, -0.2) is 0 Å². The highest BCUT2D eigenvalue weighted by Crippen LogP contribution is 2.52. The molecule has 4 unspecified atom stereocenters.